The van der Waals surface area contributed by atoms with E-state index in [1.165, 1.54) is 0 Å². The summed E-state index contributed by atoms with van der Waals surface area (Å²) in [6.45, 7) is 3.62. The minimum absolute atomic E-state index is 0. The number of nitrogens with zero attached hydrogens (tertiary/aromatic N) is 2. The molecule has 1 aromatic rings. The number of fused-ring (bicyclic) bond motifs is 1. The summed E-state index contributed by atoms with van der Waals surface area (Å²) in [5.41, 5.74) is 1.04. The Balaban J connectivity index is 0.00000243. The first-order valence-electron chi connectivity index (χ1n) is 8.75. The molecule has 2 heterocycles. The lowest BCUT2D eigenvalue weighted by molar-refractivity contribution is 0.0625. The molecule has 0 aliphatic carbocycles. The van der Waals surface area contributed by atoms with Crippen molar-refractivity contribution in [3.05, 3.63) is 22.7 Å². The number of aliphatic imine (C=N–C) groups is 1. The van der Waals surface area contributed by atoms with Crippen molar-refractivity contribution in [3.63, 3.8) is 0 Å². The summed E-state index contributed by atoms with van der Waals surface area (Å²) in [4.78, 5) is 6.55. The smallest absolute Gasteiger partial charge is 0.231 e. The number of hydrogen-bond donors (Lipinski definition) is 1. The van der Waals surface area contributed by atoms with E-state index in [4.69, 9.17) is 25.8 Å². The lowest BCUT2D eigenvalue weighted by atomic mass is 9.96. The maximum Gasteiger partial charge on any atom is 0.231 e. The Hall–Kier alpha value is -0.930. The van der Waals surface area contributed by atoms with Crippen molar-refractivity contribution in [1.82, 2.24) is 10.2 Å². The molecule has 1 N–H and O–H groups in total. The lowest BCUT2D eigenvalue weighted by Crippen LogP contribution is -2.39. The van der Waals surface area contributed by atoms with Crippen molar-refractivity contribution in [1.29, 1.82) is 0 Å². The third-order valence-electron chi connectivity index (χ3n) is 4.72. The monoisotopic (exact) mass is 495 g/mol. The van der Waals surface area contributed by atoms with Crippen LogP contribution in [0.1, 0.15) is 24.8 Å². The number of nitrogens with one attached hydrogen (secondary N) is 1. The molecule has 8 heteroatoms. The molecule has 2 aliphatic heterocycles. The van der Waals surface area contributed by atoms with Gasteiger partial charge in [0.25, 0.3) is 0 Å². The van der Waals surface area contributed by atoms with Crippen LogP contribution in [0.25, 0.3) is 0 Å². The van der Waals surface area contributed by atoms with Crippen molar-refractivity contribution in [2.24, 2.45) is 10.9 Å². The standard InChI is InChI=1S/C18H26ClN3O3.HI/c1-20-18(22(2)6-3-13-4-7-23-8-5-13)21-11-14-9-15(19)17-16(10-14)24-12-25-17;/h9-10,13H,3-8,11-12H2,1-2H3,(H,20,21);1H. The number of benzene rings is 1. The third kappa shape index (κ3) is 5.53. The van der Waals surface area contributed by atoms with Gasteiger partial charge in [-0.15, -0.1) is 24.0 Å². The minimum Gasteiger partial charge on any atom is -0.454 e. The van der Waals surface area contributed by atoms with Crippen molar-refractivity contribution >= 4 is 41.5 Å². The molecule has 1 aromatic carbocycles. The first-order chi connectivity index (χ1) is 12.2. The Kier molecular flexibility index (Phi) is 8.56. The summed E-state index contributed by atoms with van der Waals surface area (Å²) in [5.74, 6) is 2.96. The topological polar surface area (TPSA) is 55.3 Å². The maximum absolute atomic E-state index is 6.24. The van der Waals surface area contributed by atoms with Crippen molar-refractivity contribution in [3.8, 4) is 11.5 Å². The highest BCUT2D eigenvalue weighted by atomic mass is 127. The normalized spacial score (nSPS) is 17.0. The van der Waals surface area contributed by atoms with E-state index >= 15 is 0 Å². The summed E-state index contributed by atoms with van der Waals surface area (Å²) in [6, 6.07) is 3.86. The van der Waals surface area contributed by atoms with Gasteiger partial charge in [0.2, 0.25) is 6.79 Å². The summed E-state index contributed by atoms with van der Waals surface area (Å²) < 4.78 is 16.2. The zero-order valence-electron chi connectivity index (χ0n) is 15.3. The molecule has 0 saturated carbocycles. The molecule has 2 aliphatic rings. The van der Waals surface area contributed by atoms with Gasteiger partial charge in [-0.25, -0.2) is 0 Å². The second-order valence-electron chi connectivity index (χ2n) is 6.48. The number of rotatable bonds is 5. The van der Waals surface area contributed by atoms with E-state index in [0.717, 1.165) is 56.5 Å². The second kappa shape index (κ2) is 10.4. The van der Waals surface area contributed by atoms with Crippen LogP contribution < -0.4 is 14.8 Å². The van der Waals surface area contributed by atoms with Crippen LogP contribution in [0.5, 0.6) is 11.5 Å². The summed E-state index contributed by atoms with van der Waals surface area (Å²) in [5, 5.41) is 3.97. The highest BCUT2D eigenvalue weighted by Crippen LogP contribution is 2.39. The van der Waals surface area contributed by atoms with Crippen LogP contribution in [0, 0.1) is 5.92 Å². The lowest BCUT2D eigenvalue weighted by Gasteiger charge is -2.26. The maximum atomic E-state index is 6.24. The van der Waals surface area contributed by atoms with E-state index in [9.17, 15) is 0 Å². The number of hydrogen-bond acceptors (Lipinski definition) is 4. The van der Waals surface area contributed by atoms with Gasteiger partial charge >= 0.3 is 0 Å². The average molecular weight is 496 g/mol. The van der Waals surface area contributed by atoms with Gasteiger partial charge in [-0.05, 0) is 42.9 Å². The Labute approximate surface area is 177 Å². The number of guanidine groups is 1. The Bertz CT molecular complexity index is 624. The summed E-state index contributed by atoms with van der Waals surface area (Å²) >= 11 is 6.24. The average Bonchev–Trinajstić information content (AvgIpc) is 3.10. The second-order valence-corrected chi connectivity index (χ2v) is 6.89. The first kappa shape index (κ1) is 21.4. The van der Waals surface area contributed by atoms with E-state index in [2.05, 4.69) is 22.3 Å². The predicted octanol–water partition coefficient (Wildman–Crippen LogP) is 3.51. The molecule has 0 amide bonds. The molecule has 0 unspecified atom stereocenters. The van der Waals surface area contributed by atoms with Crippen molar-refractivity contribution < 1.29 is 14.2 Å². The number of halogens is 2. The highest BCUT2D eigenvalue weighted by molar-refractivity contribution is 14.0. The third-order valence-corrected chi connectivity index (χ3v) is 5.01. The van der Waals surface area contributed by atoms with Gasteiger partial charge in [0.15, 0.2) is 17.5 Å². The molecule has 0 radical (unpaired) electrons. The molecule has 146 valence electrons. The number of ether oxygens (including phenoxy) is 3. The van der Waals surface area contributed by atoms with Gasteiger partial charge < -0.3 is 24.4 Å². The quantitative estimate of drug-likeness (QED) is 0.385. The molecule has 0 aromatic heterocycles. The van der Waals surface area contributed by atoms with Gasteiger partial charge in [0.05, 0.1) is 5.02 Å². The van der Waals surface area contributed by atoms with Crippen molar-refractivity contribution in [2.75, 3.05) is 40.6 Å². The van der Waals surface area contributed by atoms with Crippen LogP contribution in [0.15, 0.2) is 17.1 Å². The highest BCUT2D eigenvalue weighted by Gasteiger charge is 2.19. The molecule has 1 fully saturated rings. The van der Waals surface area contributed by atoms with E-state index in [-0.39, 0.29) is 30.8 Å². The predicted molar refractivity (Wildman–Crippen MR) is 114 cm³/mol. The molecule has 0 spiro atoms. The molecule has 26 heavy (non-hydrogen) atoms. The molecule has 1 saturated heterocycles. The zero-order chi connectivity index (χ0) is 17.6. The molecule has 6 nitrogen and oxygen atoms in total. The fraction of sp³-hybridized carbons (Fsp3) is 0.611. The van der Waals surface area contributed by atoms with Crippen LogP contribution >= 0.6 is 35.6 Å². The summed E-state index contributed by atoms with van der Waals surface area (Å²) in [7, 11) is 3.88. The van der Waals surface area contributed by atoms with Gasteiger partial charge in [0.1, 0.15) is 0 Å². The molecule has 0 atom stereocenters. The molecule has 3 rings (SSSR count). The van der Waals surface area contributed by atoms with Crippen LogP contribution in [0.3, 0.4) is 0 Å². The fourth-order valence-electron chi connectivity index (χ4n) is 3.21. The first-order valence-corrected chi connectivity index (χ1v) is 9.12. The van der Waals surface area contributed by atoms with Gasteiger partial charge in [-0.1, -0.05) is 11.6 Å². The van der Waals surface area contributed by atoms with Gasteiger partial charge in [-0.3, -0.25) is 4.99 Å². The van der Waals surface area contributed by atoms with Crippen LogP contribution in [0.2, 0.25) is 5.02 Å². The summed E-state index contributed by atoms with van der Waals surface area (Å²) in [6.07, 6.45) is 3.49. The minimum atomic E-state index is 0. The van der Waals surface area contributed by atoms with Gasteiger partial charge in [0, 0.05) is 40.4 Å². The molecular formula is C18H27ClIN3O3. The van der Waals surface area contributed by atoms with Crippen LogP contribution in [-0.4, -0.2) is 51.5 Å². The van der Waals surface area contributed by atoms with E-state index < -0.39 is 0 Å². The molecule has 0 bridgehead atoms. The van der Waals surface area contributed by atoms with E-state index in [1.54, 1.807) is 7.05 Å². The van der Waals surface area contributed by atoms with Crippen LogP contribution in [-0.2, 0) is 11.3 Å². The van der Waals surface area contributed by atoms with Gasteiger partial charge in [-0.2, -0.15) is 0 Å². The SMILES string of the molecule is CN=C(NCc1cc(Cl)c2c(c1)OCO2)N(C)CCC1CCOCC1.I. The molecular weight excluding hydrogens is 469 g/mol. The largest absolute Gasteiger partial charge is 0.454 e. The zero-order valence-corrected chi connectivity index (χ0v) is 18.4. The van der Waals surface area contributed by atoms with E-state index in [0.29, 0.717) is 23.1 Å². The van der Waals surface area contributed by atoms with Crippen molar-refractivity contribution in [2.45, 2.75) is 25.8 Å². The fourth-order valence-corrected chi connectivity index (χ4v) is 3.49. The van der Waals surface area contributed by atoms with Crippen LogP contribution in [0.4, 0.5) is 0 Å². The Morgan fingerprint density at radius 3 is 2.81 bits per heavy atom. The van der Waals surface area contributed by atoms with E-state index in [1.807, 2.05) is 12.1 Å². The Morgan fingerprint density at radius 2 is 2.08 bits per heavy atom. The Morgan fingerprint density at radius 1 is 1.31 bits per heavy atom.